The highest BCUT2D eigenvalue weighted by atomic mass is 35.5. The van der Waals surface area contributed by atoms with E-state index in [1.807, 2.05) is 31.4 Å². The summed E-state index contributed by atoms with van der Waals surface area (Å²) in [6, 6.07) is 5.27. The lowest BCUT2D eigenvalue weighted by atomic mass is 10.1. The first-order valence-corrected chi connectivity index (χ1v) is 12.4. The van der Waals surface area contributed by atoms with Gasteiger partial charge in [0.2, 0.25) is 5.91 Å². The molecule has 32 heavy (non-hydrogen) atoms. The summed E-state index contributed by atoms with van der Waals surface area (Å²) in [5.74, 6) is 0.0681. The van der Waals surface area contributed by atoms with E-state index in [-0.39, 0.29) is 18.3 Å². The molecule has 7 nitrogen and oxygen atoms in total. The van der Waals surface area contributed by atoms with E-state index in [1.54, 1.807) is 19.1 Å². The van der Waals surface area contributed by atoms with Gasteiger partial charge in [0.15, 0.2) is 11.0 Å². The van der Waals surface area contributed by atoms with E-state index in [0.29, 0.717) is 38.1 Å². The highest BCUT2D eigenvalue weighted by Gasteiger charge is 2.22. The van der Waals surface area contributed by atoms with Crippen LogP contribution < -0.4 is 5.32 Å². The zero-order valence-electron chi connectivity index (χ0n) is 18.0. The van der Waals surface area contributed by atoms with Crippen molar-refractivity contribution in [3.05, 3.63) is 44.2 Å². The number of aromatic nitrogens is 3. The lowest BCUT2D eigenvalue weighted by Gasteiger charge is -2.09. The van der Waals surface area contributed by atoms with Crippen molar-refractivity contribution in [1.82, 2.24) is 14.8 Å². The lowest BCUT2D eigenvalue weighted by Crippen LogP contribution is -2.17. The van der Waals surface area contributed by atoms with Crippen LogP contribution >= 0.6 is 46.3 Å². The van der Waals surface area contributed by atoms with E-state index in [2.05, 4.69) is 15.5 Å². The predicted octanol–water partition coefficient (Wildman–Crippen LogP) is 5.86. The Morgan fingerprint density at radius 3 is 2.59 bits per heavy atom. The first-order chi connectivity index (χ1) is 15.3. The summed E-state index contributed by atoms with van der Waals surface area (Å²) in [7, 11) is 0. The molecule has 0 aliphatic heterocycles. The maximum absolute atomic E-state index is 12.6. The number of halogens is 2. The number of hydrogen-bond acceptors (Lipinski definition) is 7. The van der Waals surface area contributed by atoms with E-state index < -0.39 is 5.97 Å². The highest BCUT2D eigenvalue weighted by Crippen LogP contribution is 2.34. The number of amides is 1. The molecule has 1 N–H and O–H groups in total. The summed E-state index contributed by atoms with van der Waals surface area (Å²) in [5.41, 5.74) is 2.01. The average molecular weight is 513 g/mol. The van der Waals surface area contributed by atoms with Crippen molar-refractivity contribution in [2.75, 3.05) is 17.7 Å². The molecular formula is C21H22Cl2N4O3S2. The molecule has 3 aromatic rings. The Labute approximate surface area is 204 Å². The second kappa shape index (κ2) is 10.7. The predicted molar refractivity (Wildman–Crippen MR) is 130 cm³/mol. The SMILES string of the molecule is CCOC(=O)c1c(NC(=O)CSc2nnc(-c3ccc(Cl)c(Cl)c3)n2CC)sc(C)c1C. The summed E-state index contributed by atoms with van der Waals surface area (Å²) in [6.07, 6.45) is 0. The van der Waals surface area contributed by atoms with E-state index in [9.17, 15) is 9.59 Å². The maximum atomic E-state index is 12.6. The Bertz CT molecular complexity index is 1160. The number of nitrogens with one attached hydrogen (secondary N) is 1. The van der Waals surface area contributed by atoms with E-state index in [4.69, 9.17) is 27.9 Å². The van der Waals surface area contributed by atoms with Crippen LogP contribution in [-0.2, 0) is 16.1 Å². The van der Waals surface area contributed by atoms with Crippen LogP contribution in [0.5, 0.6) is 0 Å². The van der Waals surface area contributed by atoms with Gasteiger partial charge in [-0.2, -0.15) is 0 Å². The number of rotatable bonds is 8. The molecule has 0 bridgehead atoms. The topological polar surface area (TPSA) is 86.1 Å². The number of carbonyl (C=O) groups excluding carboxylic acids is 2. The Morgan fingerprint density at radius 1 is 1.19 bits per heavy atom. The molecule has 2 aromatic heterocycles. The molecule has 1 aromatic carbocycles. The van der Waals surface area contributed by atoms with Crippen LogP contribution in [0.25, 0.3) is 11.4 Å². The number of thiophene rings is 1. The van der Waals surface area contributed by atoms with Gasteiger partial charge in [-0.25, -0.2) is 4.79 Å². The monoisotopic (exact) mass is 512 g/mol. The molecule has 0 spiro atoms. The molecule has 0 aliphatic rings. The molecule has 0 fully saturated rings. The fraction of sp³-hybridized carbons (Fsp3) is 0.333. The molecule has 11 heteroatoms. The summed E-state index contributed by atoms with van der Waals surface area (Å²) >= 11 is 14.8. The van der Waals surface area contributed by atoms with E-state index in [0.717, 1.165) is 16.0 Å². The summed E-state index contributed by atoms with van der Waals surface area (Å²) in [5, 5.41) is 13.3. The Morgan fingerprint density at radius 2 is 1.94 bits per heavy atom. The maximum Gasteiger partial charge on any atom is 0.341 e. The normalized spacial score (nSPS) is 10.9. The van der Waals surface area contributed by atoms with Gasteiger partial charge in [0.1, 0.15) is 5.00 Å². The lowest BCUT2D eigenvalue weighted by molar-refractivity contribution is -0.113. The molecule has 0 atom stereocenters. The largest absolute Gasteiger partial charge is 0.462 e. The fourth-order valence-corrected chi connectivity index (χ4v) is 5.15. The molecule has 0 unspecified atom stereocenters. The van der Waals surface area contributed by atoms with Crippen molar-refractivity contribution < 1.29 is 14.3 Å². The minimum atomic E-state index is -0.436. The van der Waals surface area contributed by atoms with Crippen LogP contribution in [-0.4, -0.2) is 39.0 Å². The van der Waals surface area contributed by atoms with Crippen molar-refractivity contribution >= 4 is 63.2 Å². The standard InChI is InChI=1S/C21H22Cl2N4O3S2/c1-5-27-18(13-7-8-14(22)15(23)9-13)25-26-21(27)31-10-16(28)24-19-17(20(29)30-6-2)11(3)12(4)32-19/h7-9H,5-6,10H2,1-4H3,(H,24,28). The van der Waals surface area contributed by atoms with Crippen LogP contribution in [0.1, 0.15) is 34.6 Å². The van der Waals surface area contributed by atoms with Gasteiger partial charge >= 0.3 is 5.97 Å². The number of ether oxygens (including phenoxy) is 1. The Kier molecular flexibility index (Phi) is 8.21. The van der Waals surface area contributed by atoms with Crippen molar-refractivity contribution in [3.63, 3.8) is 0 Å². The van der Waals surface area contributed by atoms with Crippen LogP contribution in [0.2, 0.25) is 10.0 Å². The molecule has 3 rings (SSSR count). The number of aryl methyl sites for hydroxylation is 1. The number of benzene rings is 1. The van der Waals surface area contributed by atoms with Gasteiger partial charge in [-0.1, -0.05) is 35.0 Å². The van der Waals surface area contributed by atoms with E-state index >= 15 is 0 Å². The Hall–Kier alpha value is -2.07. The molecule has 0 saturated carbocycles. The molecule has 0 aliphatic carbocycles. The zero-order valence-corrected chi connectivity index (χ0v) is 21.1. The minimum absolute atomic E-state index is 0.109. The second-order valence-electron chi connectivity index (χ2n) is 6.72. The fourth-order valence-electron chi connectivity index (χ4n) is 2.99. The van der Waals surface area contributed by atoms with Gasteiger partial charge in [-0.3, -0.25) is 4.79 Å². The van der Waals surface area contributed by atoms with Gasteiger partial charge < -0.3 is 14.6 Å². The van der Waals surface area contributed by atoms with Gasteiger partial charge in [-0.15, -0.1) is 21.5 Å². The van der Waals surface area contributed by atoms with Crippen LogP contribution in [0.15, 0.2) is 23.4 Å². The van der Waals surface area contributed by atoms with Gasteiger partial charge in [-0.05, 0) is 51.5 Å². The third-order valence-corrected chi connectivity index (χ3v) is 7.49. The van der Waals surface area contributed by atoms with Crippen molar-refractivity contribution in [3.8, 4) is 11.4 Å². The third kappa shape index (κ3) is 5.28. The Balaban J connectivity index is 1.74. The number of anilines is 1. The first-order valence-electron chi connectivity index (χ1n) is 9.85. The highest BCUT2D eigenvalue weighted by molar-refractivity contribution is 7.99. The molecule has 0 saturated heterocycles. The van der Waals surface area contributed by atoms with Gasteiger partial charge in [0.25, 0.3) is 0 Å². The number of thioether (sulfide) groups is 1. The smallest absolute Gasteiger partial charge is 0.341 e. The minimum Gasteiger partial charge on any atom is -0.462 e. The van der Waals surface area contributed by atoms with Crippen molar-refractivity contribution in [2.45, 2.75) is 39.4 Å². The van der Waals surface area contributed by atoms with E-state index in [1.165, 1.54) is 23.1 Å². The van der Waals surface area contributed by atoms with Crippen molar-refractivity contribution in [1.29, 1.82) is 0 Å². The molecule has 2 heterocycles. The third-order valence-electron chi connectivity index (χ3n) is 4.66. The first kappa shape index (κ1) is 24.6. The van der Waals surface area contributed by atoms with Crippen LogP contribution in [0.4, 0.5) is 5.00 Å². The summed E-state index contributed by atoms with van der Waals surface area (Å²) in [6.45, 7) is 8.35. The number of nitrogens with zero attached hydrogens (tertiary/aromatic N) is 3. The zero-order chi connectivity index (χ0) is 23.4. The quantitative estimate of drug-likeness (QED) is 0.300. The number of esters is 1. The summed E-state index contributed by atoms with van der Waals surface area (Å²) < 4.78 is 7.04. The van der Waals surface area contributed by atoms with Gasteiger partial charge in [0, 0.05) is 17.0 Å². The molecular weight excluding hydrogens is 491 g/mol. The average Bonchev–Trinajstić information content (AvgIpc) is 3.28. The molecule has 0 radical (unpaired) electrons. The van der Waals surface area contributed by atoms with Gasteiger partial charge in [0.05, 0.1) is 28.0 Å². The van der Waals surface area contributed by atoms with Crippen LogP contribution in [0.3, 0.4) is 0 Å². The number of hydrogen-bond donors (Lipinski definition) is 1. The van der Waals surface area contributed by atoms with Crippen LogP contribution in [0, 0.1) is 13.8 Å². The number of carbonyl (C=O) groups is 2. The molecule has 170 valence electrons. The summed E-state index contributed by atoms with van der Waals surface area (Å²) in [4.78, 5) is 25.9. The van der Waals surface area contributed by atoms with Crippen molar-refractivity contribution in [2.24, 2.45) is 0 Å². The molecule has 1 amide bonds. The second-order valence-corrected chi connectivity index (χ2v) is 9.71.